The molecule has 6 nitrogen and oxygen atoms in total. The van der Waals surface area contributed by atoms with Gasteiger partial charge in [-0.3, -0.25) is 4.79 Å². The van der Waals surface area contributed by atoms with Crippen LogP contribution in [0.4, 0.5) is 5.69 Å². The Bertz CT molecular complexity index is 1040. The molecule has 0 aliphatic rings. The molecular formula is C23H26Cl2N4O2S. The monoisotopic (exact) mass is 492 g/mol. The van der Waals surface area contributed by atoms with Crippen molar-refractivity contribution in [1.82, 2.24) is 14.8 Å². The molecule has 9 heteroatoms. The van der Waals surface area contributed by atoms with Crippen molar-refractivity contribution < 1.29 is 9.53 Å². The minimum Gasteiger partial charge on any atom is -0.492 e. The molecule has 3 rings (SSSR count). The first-order valence-corrected chi connectivity index (χ1v) is 12.3. The van der Waals surface area contributed by atoms with Gasteiger partial charge < -0.3 is 14.6 Å². The maximum Gasteiger partial charge on any atom is 0.234 e. The molecule has 0 spiro atoms. The first-order valence-electron chi connectivity index (χ1n) is 10.5. The predicted octanol–water partition coefficient (Wildman–Crippen LogP) is 5.91. The van der Waals surface area contributed by atoms with Gasteiger partial charge in [0.2, 0.25) is 5.91 Å². The fraction of sp³-hybridized carbons (Fsp3) is 0.348. The first kappa shape index (κ1) is 24.4. The van der Waals surface area contributed by atoms with Gasteiger partial charge >= 0.3 is 0 Å². The Morgan fingerprint density at radius 3 is 2.59 bits per heavy atom. The van der Waals surface area contributed by atoms with E-state index in [4.69, 9.17) is 27.9 Å². The summed E-state index contributed by atoms with van der Waals surface area (Å²) in [6, 6.07) is 13.1. The van der Waals surface area contributed by atoms with Gasteiger partial charge in [-0.15, -0.1) is 10.2 Å². The number of hydrogen-bond acceptors (Lipinski definition) is 5. The third kappa shape index (κ3) is 6.89. The standard InChI is InChI=1S/C23H26Cl2N4O2S/c1-3-16-7-10-18(11-8-16)26-22(30)15-32-23-28-27-21(29(23)4-2)6-5-13-31-20-12-9-17(24)14-19(20)25/h7-12,14H,3-6,13,15H2,1-2H3,(H,26,30). The number of nitrogens with one attached hydrogen (secondary N) is 1. The molecule has 0 saturated heterocycles. The average Bonchev–Trinajstić information content (AvgIpc) is 3.18. The van der Waals surface area contributed by atoms with Gasteiger partial charge in [0.15, 0.2) is 5.16 Å². The smallest absolute Gasteiger partial charge is 0.234 e. The molecule has 170 valence electrons. The topological polar surface area (TPSA) is 69.0 Å². The minimum absolute atomic E-state index is 0.0697. The lowest BCUT2D eigenvalue weighted by molar-refractivity contribution is -0.113. The van der Waals surface area contributed by atoms with E-state index in [9.17, 15) is 4.79 Å². The second-order valence-corrected chi connectivity index (χ2v) is 8.84. The van der Waals surface area contributed by atoms with E-state index in [1.807, 2.05) is 35.8 Å². The molecule has 32 heavy (non-hydrogen) atoms. The predicted molar refractivity (Wildman–Crippen MR) is 131 cm³/mol. The van der Waals surface area contributed by atoms with Crippen molar-refractivity contribution in [2.24, 2.45) is 0 Å². The fourth-order valence-electron chi connectivity index (χ4n) is 3.08. The van der Waals surface area contributed by atoms with E-state index in [1.54, 1.807) is 18.2 Å². The molecule has 0 bridgehead atoms. The summed E-state index contributed by atoms with van der Waals surface area (Å²) in [4.78, 5) is 12.3. The number of carbonyl (C=O) groups is 1. The zero-order valence-corrected chi connectivity index (χ0v) is 20.4. The highest BCUT2D eigenvalue weighted by Gasteiger charge is 2.13. The Hall–Kier alpha value is -2.22. The number of rotatable bonds is 11. The summed E-state index contributed by atoms with van der Waals surface area (Å²) in [6.45, 7) is 5.37. The van der Waals surface area contributed by atoms with Crippen LogP contribution in [0.15, 0.2) is 47.6 Å². The van der Waals surface area contributed by atoms with Gasteiger partial charge in [-0.05, 0) is 55.7 Å². The maximum absolute atomic E-state index is 12.3. The summed E-state index contributed by atoms with van der Waals surface area (Å²) >= 11 is 13.4. The van der Waals surface area contributed by atoms with E-state index in [-0.39, 0.29) is 11.7 Å². The number of anilines is 1. The first-order chi connectivity index (χ1) is 15.5. The molecule has 0 saturated carbocycles. The van der Waals surface area contributed by atoms with Crippen LogP contribution < -0.4 is 10.1 Å². The highest BCUT2D eigenvalue weighted by molar-refractivity contribution is 7.99. The second-order valence-electron chi connectivity index (χ2n) is 7.06. The number of benzene rings is 2. The van der Waals surface area contributed by atoms with Gasteiger partial charge in [-0.2, -0.15) is 0 Å². The Kier molecular flexibility index (Phi) is 9.26. The van der Waals surface area contributed by atoms with Gasteiger partial charge in [0, 0.05) is 23.7 Å². The molecule has 1 aromatic heterocycles. The number of aryl methyl sites for hydroxylation is 2. The molecule has 0 atom stereocenters. The molecule has 1 heterocycles. The van der Waals surface area contributed by atoms with Crippen LogP contribution in [-0.4, -0.2) is 33.0 Å². The lowest BCUT2D eigenvalue weighted by atomic mass is 10.1. The van der Waals surface area contributed by atoms with Crippen molar-refractivity contribution in [2.45, 2.75) is 44.8 Å². The van der Waals surface area contributed by atoms with Crippen molar-refractivity contribution in [2.75, 3.05) is 17.7 Å². The number of ether oxygens (including phenoxy) is 1. The van der Waals surface area contributed by atoms with Gasteiger partial charge in [-0.25, -0.2) is 0 Å². The van der Waals surface area contributed by atoms with Crippen LogP contribution in [0.3, 0.4) is 0 Å². The van der Waals surface area contributed by atoms with Gasteiger partial charge in [0.1, 0.15) is 11.6 Å². The number of hydrogen-bond donors (Lipinski definition) is 1. The molecule has 0 aliphatic carbocycles. The van der Waals surface area contributed by atoms with Crippen molar-refractivity contribution in [3.8, 4) is 5.75 Å². The summed E-state index contributed by atoms with van der Waals surface area (Å²) in [5, 5.41) is 13.3. The SMILES string of the molecule is CCc1ccc(NC(=O)CSc2nnc(CCCOc3ccc(Cl)cc3Cl)n2CC)cc1. The van der Waals surface area contributed by atoms with Gasteiger partial charge in [0.25, 0.3) is 0 Å². The largest absolute Gasteiger partial charge is 0.492 e. The minimum atomic E-state index is -0.0697. The van der Waals surface area contributed by atoms with Crippen LogP contribution in [0.2, 0.25) is 10.0 Å². The van der Waals surface area contributed by atoms with Crippen LogP contribution in [0.25, 0.3) is 0 Å². The molecular weight excluding hydrogens is 467 g/mol. The Labute approximate surface area is 202 Å². The molecule has 3 aromatic rings. The van der Waals surface area contributed by atoms with E-state index < -0.39 is 0 Å². The lowest BCUT2D eigenvalue weighted by Gasteiger charge is -2.09. The summed E-state index contributed by atoms with van der Waals surface area (Å²) in [5.74, 6) is 1.68. The number of amides is 1. The van der Waals surface area contributed by atoms with E-state index in [2.05, 4.69) is 22.4 Å². The molecule has 0 aliphatic heterocycles. The third-order valence-corrected chi connectivity index (χ3v) is 6.28. The quantitative estimate of drug-likeness (QED) is 0.266. The maximum atomic E-state index is 12.3. The number of carbonyl (C=O) groups excluding carboxylic acids is 1. The third-order valence-electron chi connectivity index (χ3n) is 4.78. The zero-order valence-electron chi connectivity index (χ0n) is 18.1. The van der Waals surface area contributed by atoms with E-state index >= 15 is 0 Å². The number of halogens is 2. The van der Waals surface area contributed by atoms with Gasteiger partial charge in [0.05, 0.1) is 17.4 Å². The molecule has 0 unspecified atom stereocenters. The summed E-state index contributed by atoms with van der Waals surface area (Å²) < 4.78 is 7.77. The average molecular weight is 493 g/mol. The van der Waals surface area contributed by atoms with E-state index in [0.717, 1.165) is 36.1 Å². The normalized spacial score (nSPS) is 10.9. The van der Waals surface area contributed by atoms with E-state index in [1.165, 1.54) is 17.3 Å². The molecule has 0 radical (unpaired) electrons. The van der Waals surface area contributed by atoms with Crippen molar-refractivity contribution >= 4 is 46.6 Å². The van der Waals surface area contributed by atoms with Crippen LogP contribution >= 0.6 is 35.0 Å². The molecule has 1 N–H and O–H groups in total. The Morgan fingerprint density at radius 1 is 1.12 bits per heavy atom. The van der Waals surface area contributed by atoms with Crippen molar-refractivity contribution in [3.05, 3.63) is 63.9 Å². The van der Waals surface area contributed by atoms with Crippen molar-refractivity contribution in [3.63, 3.8) is 0 Å². The Morgan fingerprint density at radius 2 is 1.91 bits per heavy atom. The van der Waals surface area contributed by atoms with Crippen molar-refractivity contribution in [1.29, 1.82) is 0 Å². The zero-order chi connectivity index (χ0) is 22.9. The molecule has 0 fully saturated rings. The summed E-state index contributed by atoms with van der Waals surface area (Å²) in [6.07, 6.45) is 2.44. The highest BCUT2D eigenvalue weighted by Crippen LogP contribution is 2.27. The van der Waals surface area contributed by atoms with Crippen LogP contribution in [-0.2, 0) is 24.2 Å². The Balaban J connectivity index is 1.47. The summed E-state index contributed by atoms with van der Waals surface area (Å²) in [7, 11) is 0. The van der Waals surface area contributed by atoms with Crippen LogP contribution in [0.1, 0.15) is 31.7 Å². The second kappa shape index (κ2) is 12.1. The molecule has 2 aromatic carbocycles. The fourth-order valence-corrected chi connectivity index (χ4v) is 4.37. The number of nitrogens with zero attached hydrogens (tertiary/aromatic N) is 3. The highest BCUT2D eigenvalue weighted by atomic mass is 35.5. The summed E-state index contributed by atoms with van der Waals surface area (Å²) in [5.41, 5.74) is 2.04. The number of aromatic nitrogens is 3. The van der Waals surface area contributed by atoms with Crippen LogP contribution in [0.5, 0.6) is 5.75 Å². The molecule has 1 amide bonds. The van der Waals surface area contributed by atoms with E-state index in [0.29, 0.717) is 28.8 Å². The van der Waals surface area contributed by atoms with Gasteiger partial charge in [-0.1, -0.05) is 54.0 Å². The number of thioether (sulfide) groups is 1. The van der Waals surface area contributed by atoms with Crippen LogP contribution in [0, 0.1) is 0 Å². The lowest BCUT2D eigenvalue weighted by Crippen LogP contribution is -2.14.